The van der Waals surface area contributed by atoms with Crippen molar-refractivity contribution in [3.8, 4) is 0 Å². The number of halogens is 1. The number of benzene rings is 2. The molecule has 1 aliphatic rings. The van der Waals surface area contributed by atoms with Gasteiger partial charge in [-0.25, -0.2) is 12.8 Å². The van der Waals surface area contributed by atoms with Crippen LogP contribution in [0.2, 0.25) is 0 Å². The van der Waals surface area contributed by atoms with Gasteiger partial charge in [-0.1, -0.05) is 12.1 Å². The van der Waals surface area contributed by atoms with Crippen LogP contribution in [-0.4, -0.2) is 32.0 Å². The van der Waals surface area contributed by atoms with Crippen LogP contribution in [0.5, 0.6) is 0 Å². The van der Waals surface area contributed by atoms with Gasteiger partial charge in [0.15, 0.2) is 9.84 Å². The fourth-order valence-corrected chi connectivity index (χ4v) is 4.80. The maximum absolute atomic E-state index is 12.9. The molecule has 0 fully saturated rings. The molecule has 1 unspecified atom stereocenters. The number of carbonyl (C=O) groups is 2. The zero-order chi connectivity index (χ0) is 21.2. The molecule has 0 aromatic heterocycles. The van der Waals surface area contributed by atoms with E-state index in [2.05, 4.69) is 5.32 Å². The molecule has 1 atom stereocenters. The van der Waals surface area contributed by atoms with E-state index in [9.17, 15) is 22.4 Å². The quantitative estimate of drug-likeness (QED) is 0.782. The van der Waals surface area contributed by atoms with Crippen LogP contribution in [0.3, 0.4) is 0 Å². The lowest BCUT2D eigenvalue weighted by molar-refractivity contribution is -0.121. The molecule has 0 saturated heterocycles. The third-order valence-electron chi connectivity index (χ3n) is 4.97. The number of hydrogen-bond donors (Lipinski definition) is 1. The topological polar surface area (TPSA) is 83.6 Å². The molecule has 3 rings (SSSR count). The highest BCUT2D eigenvalue weighted by molar-refractivity contribution is 7.91. The number of carbonyl (C=O) groups excluding carboxylic acids is 2. The zero-order valence-electron chi connectivity index (χ0n) is 16.3. The van der Waals surface area contributed by atoms with Crippen molar-refractivity contribution in [2.45, 2.75) is 44.2 Å². The minimum atomic E-state index is -3.63. The lowest BCUT2D eigenvalue weighted by Gasteiger charge is -2.20. The number of fused-ring (bicyclic) bond motifs is 1. The first-order chi connectivity index (χ1) is 13.7. The number of anilines is 1. The monoisotopic (exact) mass is 418 g/mol. The molecule has 154 valence electrons. The molecule has 1 heterocycles. The number of nitrogens with one attached hydrogen (secondary N) is 1. The second kappa shape index (κ2) is 8.32. The lowest BCUT2D eigenvalue weighted by atomic mass is 10.1. The Hall–Kier alpha value is -2.74. The largest absolute Gasteiger partial charge is 0.352 e. The average Bonchev–Trinajstić information content (AvgIpc) is 3.01. The van der Waals surface area contributed by atoms with Crippen molar-refractivity contribution in [3.05, 3.63) is 59.4 Å². The van der Waals surface area contributed by atoms with E-state index in [1.165, 1.54) is 25.1 Å². The molecule has 2 aromatic carbocycles. The maximum Gasteiger partial charge on any atom is 0.224 e. The zero-order valence-corrected chi connectivity index (χ0v) is 17.1. The van der Waals surface area contributed by atoms with Crippen LogP contribution in [-0.2, 0) is 32.4 Å². The third-order valence-corrected chi connectivity index (χ3v) is 6.68. The average molecular weight is 418 g/mol. The van der Waals surface area contributed by atoms with Crippen molar-refractivity contribution in [3.63, 3.8) is 0 Å². The van der Waals surface area contributed by atoms with Crippen molar-refractivity contribution in [2.24, 2.45) is 0 Å². The van der Waals surface area contributed by atoms with Crippen molar-refractivity contribution in [1.82, 2.24) is 5.32 Å². The van der Waals surface area contributed by atoms with Gasteiger partial charge in [0, 0.05) is 31.6 Å². The summed E-state index contributed by atoms with van der Waals surface area (Å²) >= 11 is 0. The Labute approximate surface area is 169 Å². The summed E-state index contributed by atoms with van der Waals surface area (Å²) in [4.78, 5) is 25.6. The Bertz CT molecular complexity index is 1040. The normalized spacial score (nSPS) is 15.8. The van der Waals surface area contributed by atoms with Gasteiger partial charge in [0.2, 0.25) is 11.8 Å². The third kappa shape index (κ3) is 4.82. The molecule has 0 spiro atoms. The number of rotatable bonds is 6. The SMILES string of the molecule is CC(=O)N1c2ccc(S(=O)(=O)CCC(=O)NCc3ccc(F)cc3)cc2CC1C. The van der Waals surface area contributed by atoms with Crippen LogP contribution in [0.15, 0.2) is 47.4 Å². The highest BCUT2D eigenvalue weighted by atomic mass is 32.2. The number of sulfone groups is 1. The highest BCUT2D eigenvalue weighted by Gasteiger charge is 2.30. The van der Waals surface area contributed by atoms with Gasteiger partial charge in [0.05, 0.1) is 10.6 Å². The summed E-state index contributed by atoms with van der Waals surface area (Å²) in [7, 11) is -3.63. The van der Waals surface area contributed by atoms with Crippen LogP contribution in [0.1, 0.15) is 31.4 Å². The molecule has 6 nitrogen and oxygen atoms in total. The summed E-state index contributed by atoms with van der Waals surface area (Å²) in [5.41, 5.74) is 2.28. The van der Waals surface area contributed by atoms with Gasteiger partial charge < -0.3 is 10.2 Å². The van der Waals surface area contributed by atoms with Crippen LogP contribution >= 0.6 is 0 Å². The van der Waals surface area contributed by atoms with E-state index in [0.717, 1.165) is 16.8 Å². The fraction of sp³-hybridized carbons (Fsp3) is 0.333. The maximum atomic E-state index is 12.9. The van der Waals surface area contributed by atoms with E-state index in [0.29, 0.717) is 6.42 Å². The summed E-state index contributed by atoms with van der Waals surface area (Å²) in [6.07, 6.45) is 0.424. The van der Waals surface area contributed by atoms with E-state index in [1.807, 2.05) is 6.92 Å². The summed E-state index contributed by atoms with van der Waals surface area (Å²) in [6, 6.07) is 10.4. The van der Waals surface area contributed by atoms with Crippen LogP contribution < -0.4 is 10.2 Å². The van der Waals surface area contributed by atoms with Gasteiger partial charge in [-0.3, -0.25) is 9.59 Å². The second-order valence-electron chi connectivity index (χ2n) is 7.20. The molecule has 8 heteroatoms. The van der Waals surface area contributed by atoms with Gasteiger partial charge in [-0.05, 0) is 54.8 Å². The van der Waals surface area contributed by atoms with Crippen LogP contribution in [0, 0.1) is 5.82 Å². The lowest BCUT2D eigenvalue weighted by Crippen LogP contribution is -2.33. The molecule has 0 bridgehead atoms. The first-order valence-electron chi connectivity index (χ1n) is 9.34. The van der Waals surface area contributed by atoms with Crippen molar-refractivity contribution < 1.29 is 22.4 Å². The number of hydrogen-bond acceptors (Lipinski definition) is 4. The highest BCUT2D eigenvalue weighted by Crippen LogP contribution is 2.34. The second-order valence-corrected chi connectivity index (χ2v) is 9.31. The van der Waals surface area contributed by atoms with E-state index >= 15 is 0 Å². The van der Waals surface area contributed by atoms with E-state index in [-0.39, 0.29) is 41.4 Å². The Morgan fingerprint density at radius 2 is 1.86 bits per heavy atom. The summed E-state index contributed by atoms with van der Waals surface area (Å²) in [5.74, 6) is -1.14. The molecule has 1 aliphatic heterocycles. The summed E-state index contributed by atoms with van der Waals surface area (Å²) in [5, 5.41) is 2.64. The van der Waals surface area contributed by atoms with Crippen molar-refractivity contribution in [1.29, 1.82) is 0 Å². The van der Waals surface area contributed by atoms with Gasteiger partial charge in [0.25, 0.3) is 0 Å². The molecular formula is C21H23FN2O4S. The van der Waals surface area contributed by atoms with Gasteiger partial charge >= 0.3 is 0 Å². The summed E-state index contributed by atoms with van der Waals surface area (Å²) < 4.78 is 38.2. The van der Waals surface area contributed by atoms with Crippen LogP contribution in [0.25, 0.3) is 0 Å². The molecular weight excluding hydrogens is 395 g/mol. The Balaban J connectivity index is 1.61. The first kappa shape index (κ1) is 21.0. The number of amides is 2. The standard InChI is InChI=1S/C21H23FN2O4S/c1-14-11-17-12-19(7-8-20(17)24(14)15(2)25)29(27,28)10-9-21(26)23-13-16-3-5-18(22)6-4-16/h3-8,12,14H,9-11,13H2,1-2H3,(H,23,26). The molecule has 2 amide bonds. The van der Waals surface area contributed by atoms with Crippen molar-refractivity contribution in [2.75, 3.05) is 10.7 Å². The Kier molecular flexibility index (Phi) is 6.02. The molecule has 0 saturated carbocycles. The van der Waals surface area contributed by atoms with E-state index in [4.69, 9.17) is 0 Å². The smallest absolute Gasteiger partial charge is 0.224 e. The minimum Gasteiger partial charge on any atom is -0.352 e. The van der Waals surface area contributed by atoms with E-state index < -0.39 is 15.7 Å². The predicted octanol–water partition coefficient (Wildman–Crippen LogP) is 2.60. The molecule has 0 radical (unpaired) electrons. The van der Waals surface area contributed by atoms with E-state index in [1.54, 1.807) is 29.2 Å². The Morgan fingerprint density at radius 3 is 2.52 bits per heavy atom. The molecule has 0 aliphatic carbocycles. The van der Waals surface area contributed by atoms with Gasteiger partial charge in [-0.2, -0.15) is 0 Å². The predicted molar refractivity (Wildman–Crippen MR) is 108 cm³/mol. The first-order valence-corrected chi connectivity index (χ1v) is 11.0. The van der Waals surface area contributed by atoms with Gasteiger partial charge in [-0.15, -0.1) is 0 Å². The number of nitrogens with zero attached hydrogens (tertiary/aromatic N) is 1. The molecule has 2 aromatic rings. The Morgan fingerprint density at radius 1 is 1.17 bits per heavy atom. The van der Waals surface area contributed by atoms with Crippen LogP contribution in [0.4, 0.5) is 10.1 Å². The summed E-state index contributed by atoms with van der Waals surface area (Å²) in [6.45, 7) is 3.61. The minimum absolute atomic E-state index is 0.0160. The van der Waals surface area contributed by atoms with Crippen molar-refractivity contribution >= 4 is 27.3 Å². The van der Waals surface area contributed by atoms with Gasteiger partial charge in [0.1, 0.15) is 5.82 Å². The fourth-order valence-electron chi connectivity index (χ4n) is 3.52. The molecule has 1 N–H and O–H groups in total. The molecule has 29 heavy (non-hydrogen) atoms.